The molecule has 1 N–H and O–H groups in total. The predicted octanol–water partition coefficient (Wildman–Crippen LogP) is 2.67. The van der Waals surface area contributed by atoms with Gasteiger partial charge in [0.2, 0.25) is 0 Å². The number of carbonyl (C=O) groups is 1. The zero-order chi connectivity index (χ0) is 13.8. The number of nitrogens with one attached hydrogen (secondary N) is 1. The lowest BCUT2D eigenvalue weighted by Gasteiger charge is -2.07. The van der Waals surface area contributed by atoms with E-state index in [-0.39, 0.29) is 5.91 Å². The summed E-state index contributed by atoms with van der Waals surface area (Å²) in [7, 11) is 1.76. The topological polar surface area (TPSA) is 59.8 Å². The zero-order valence-electron chi connectivity index (χ0n) is 10.9. The molecule has 0 aromatic carbocycles. The van der Waals surface area contributed by atoms with Crippen LogP contribution in [0.5, 0.6) is 0 Å². The van der Waals surface area contributed by atoms with Crippen molar-refractivity contribution in [2.24, 2.45) is 7.05 Å². The molecule has 1 amide bonds. The van der Waals surface area contributed by atoms with E-state index in [4.69, 9.17) is 11.6 Å². The van der Waals surface area contributed by atoms with Gasteiger partial charge in [-0.25, -0.2) is 4.98 Å². The van der Waals surface area contributed by atoms with Crippen LogP contribution in [0.15, 0.2) is 24.4 Å². The molecule has 0 saturated heterocycles. The number of hydrogen-bond acceptors (Lipinski definition) is 3. The summed E-state index contributed by atoms with van der Waals surface area (Å²) in [6, 6.07) is 5.06. The normalized spacial score (nSPS) is 10.5. The highest BCUT2D eigenvalue weighted by molar-refractivity contribution is 6.29. The van der Waals surface area contributed by atoms with E-state index in [1.165, 1.54) is 0 Å². The Morgan fingerprint density at radius 3 is 2.89 bits per heavy atom. The molecule has 6 heteroatoms. The van der Waals surface area contributed by atoms with Gasteiger partial charge in [-0.1, -0.05) is 24.9 Å². The number of pyridine rings is 1. The number of halogens is 1. The van der Waals surface area contributed by atoms with E-state index in [2.05, 4.69) is 22.3 Å². The molecule has 19 heavy (non-hydrogen) atoms. The van der Waals surface area contributed by atoms with Crippen molar-refractivity contribution in [3.63, 3.8) is 0 Å². The van der Waals surface area contributed by atoms with Crippen LogP contribution in [0.25, 0.3) is 0 Å². The van der Waals surface area contributed by atoms with Crippen LogP contribution in [0.2, 0.25) is 5.15 Å². The molecule has 0 spiro atoms. The number of aryl methyl sites for hydroxylation is 2. The first-order chi connectivity index (χ1) is 9.10. The fraction of sp³-hybridized carbons (Fsp3) is 0.308. The molecule has 0 aliphatic carbocycles. The molecule has 0 unspecified atom stereocenters. The first-order valence-electron chi connectivity index (χ1n) is 6.06. The Morgan fingerprint density at radius 1 is 1.47 bits per heavy atom. The van der Waals surface area contributed by atoms with E-state index >= 15 is 0 Å². The molecule has 0 aliphatic heterocycles. The second-order valence-corrected chi connectivity index (χ2v) is 4.60. The highest BCUT2D eigenvalue weighted by Crippen LogP contribution is 2.14. The molecule has 2 aromatic rings. The van der Waals surface area contributed by atoms with E-state index in [9.17, 15) is 4.79 Å². The van der Waals surface area contributed by atoms with Gasteiger partial charge in [-0.05, 0) is 18.6 Å². The second kappa shape index (κ2) is 5.84. The van der Waals surface area contributed by atoms with Gasteiger partial charge in [0.25, 0.3) is 5.91 Å². The number of rotatable bonds is 4. The summed E-state index contributed by atoms with van der Waals surface area (Å²) in [6.07, 6.45) is 3.38. The Balaban J connectivity index is 2.21. The third kappa shape index (κ3) is 3.32. The van der Waals surface area contributed by atoms with Crippen LogP contribution in [0, 0.1) is 0 Å². The molecule has 2 heterocycles. The van der Waals surface area contributed by atoms with Crippen molar-refractivity contribution in [2.75, 3.05) is 5.32 Å². The fourth-order valence-corrected chi connectivity index (χ4v) is 1.98. The average Bonchev–Trinajstić information content (AvgIpc) is 2.75. The number of nitrogens with zero attached hydrogens (tertiary/aromatic N) is 3. The summed E-state index contributed by atoms with van der Waals surface area (Å²) in [6.45, 7) is 2.05. The van der Waals surface area contributed by atoms with Crippen LogP contribution in [0.3, 0.4) is 0 Å². The summed E-state index contributed by atoms with van der Waals surface area (Å²) >= 11 is 5.93. The summed E-state index contributed by atoms with van der Waals surface area (Å²) < 4.78 is 1.59. The van der Waals surface area contributed by atoms with Gasteiger partial charge in [0.1, 0.15) is 11.0 Å². The zero-order valence-corrected chi connectivity index (χ0v) is 11.6. The molecule has 2 aromatic heterocycles. The largest absolute Gasteiger partial charge is 0.307 e. The maximum Gasteiger partial charge on any atom is 0.256 e. The maximum atomic E-state index is 12.1. The lowest BCUT2D eigenvalue weighted by molar-refractivity contribution is 0.102. The van der Waals surface area contributed by atoms with Gasteiger partial charge < -0.3 is 5.32 Å². The minimum absolute atomic E-state index is 0.217. The number of anilines is 1. The molecule has 0 bridgehead atoms. The Hall–Kier alpha value is -1.88. The Labute approximate surface area is 116 Å². The van der Waals surface area contributed by atoms with Crippen molar-refractivity contribution in [1.82, 2.24) is 14.8 Å². The summed E-state index contributed by atoms with van der Waals surface area (Å²) in [5, 5.41) is 7.10. The second-order valence-electron chi connectivity index (χ2n) is 4.21. The van der Waals surface area contributed by atoms with E-state index in [1.807, 2.05) is 0 Å². The van der Waals surface area contributed by atoms with E-state index in [1.54, 1.807) is 36.1 Å². The SMILES string of the molecule is CCCc1cc(C(=O)Nc2ccnn2C)cc(Cl)n1. The highest BCUT2D eigenvalue weighted by atomic mass is 35.5. The molecule has 0 aliphatic rings. The van der Waals surface area contributed by atoms with Crippen molar-refractivity contribution in [1.29, 1.82) is 0 Å². The average molecular weight is 279 g/mol. The quantitative estimate of drug-likeness (QED) is 0.875. The van der Waals surface area contributed by atoms with Crippen LogP contribution >= 0.6 is 11.6 Å². The Morgan fingerprint density at radius 2 is 2.26 bits per heavy atom. The number of carbonyl (C=O) groups excluding carboxylic acids is 1. The van der Waals surface area contributed by atoms with Crippen LogP contribution in [-0.2, 0) is 13.5 Å². The smallest absolute Gasteiger partial charge is 0.256 e. The lowest BCUT2D eigenvalue weighted by atomic mass is 10.1. The molecule has 0 radical (unpaired) electrons. The minimum atomic E-state index is -0.217. The van der Waals surface area contributed by atoms with Gasteiger partial charge in [-0.2, -0.15) is 5.10 Å². The van der Waals surface area contributed by atoms with Crippen molar-refractivity contribution in [3.05, 3.63) is 40.8 Å². The molecular formula is C13H15ClN4O. The van der Waals surface area contributed by atoms with Crippen molar-refractivity contribution >= 4 is 23.3 Å². The van der Waals surface area contributed by atoms with Crippen LogP contribution < -0.4 is 5.32 Å². The van der Waals surface area contributed by atoms with Gasteiger partial charge >= 0.3 is 0 Å². The molecular weight excluding hydrogens is 264 g/mol. The fourth-order valence-electron chi connectivity index (χ4n) is 1.75. The number of amides is 1. The minimum Gasteiger partial charge on any atom is -0.307 e. The van der Waals surface area contributed by atoms with Crippen molar-refractivity contribution < 1.29 is 4.79 Å². The van der Waals surface area contributed by atoms with Crippen LogP contribution in [0.4, 0.5) is 5.82 Å². The molecule has 0 fully saturated rings. The van der Waals surface area contributed by atoms with Gasteiger partial charge in [0, 0.05) is 24.4 Å². The van der Waals surface area contributed by atoms with Crippen molar-refractivity contribution in [2.45, 2.75) is 19.8 Å². The van der Waals surface area contributed by atoms with Gasteiger partial charge in [-0.3, -0.25) is 9.48 Å². The van der Waals surface area contributed by atoms with Crippen LogP contribution in [0.1, 0.15) is 29.4 Å². The predicted molar refractivity (Wildman–Crippen MR) is 74.4 cm³/mol. The lowest BCUT2D eigenvalue weighted by Crippen LogP contribution is -2.15. The first kappa shape index (κ1) is 13.5. The molecule has 0 atom stereocenters. The molecule has 5 nitrogen and oxygen atoms in total. The third-order valence-electron chi connectivity index (χ3n) is 2.68. The summed E-state index contributed by atoms with van der Waals surface area (Å²) in [4.78, 5) is 16.3. The third-order valence-corrected chi connectivity index (χ3v) is 2.87. The number of hydrogen-bond donors (Lipinski definition) is 1. The Bertz CT molecular complexity index is 594. The maximum absolute atomic E-state index is 12.1. The summed E-state index contributed by atoms with van der Waals surface area (Å²) in [5.41, 5.74) is 1.33. The van der Waals surface area contributed by atoms with E-state index < -0.39 is 0 Å². The standard InChI is InChI=1S/C13H15ClN4O/c1-3-4-10-7-9(8-11(14)16-10)13(19)17-12-5-6-15-18(12)2/h5-8H,3-4H2,1-2H3,(H,17,19). The highest BCUT2D eigenvalue weighted by Gasteiger charge is 2.11. The Kier molecular flexibility index (Phi) is 4.16. The molecule has 0 saturated carbocycles. The summed E-state index contributed by atoms with van der Waals surface area (Å²) in [5.74, 6) is 0.417. The monoisotopic (exact) mass is 278 g/mol. The molecule has 100 valence electrons. The van der Waals surface area contributed by atoms with Gasteiger partial charge in [-0.15, -0.1) is 0 Å². The van der Waals surface area contributed by atoms with E-state index in [0.29, 0.717) is 16.5 Å². The van der Waals surface area contributed by atoms with Gasteiger partial charge in [0.15, 0.2) is 0 Å². The van der Waals surface area contributed by atoms with Crippen LogP contribution in [-0.4, -0.2) is 20.7 Å². The first-order valence-corrected chi connectivity index (χ1v) is 6.43. The number of aromatic nitrogens is 3. The molecule has 2 rings (SSSR count). The van der Waals surface area contributed by atoms with Crippen molar-refractivity contribution in [3.8, 4) is 0 Å². The van der Waals surface area contributed by atoms with E-state index in [0.717, 1.165) is 18.5 Å². The van der Waals surface area contributed by atoms with Gasteiger partial charge in [0.05, 0.1) is 6.20 Å².